The Morgan fingerprint density at radius 2 is 0.629 bits per heavy atom. The molecule has 2 heterocycles. The maximum Gasteiger partial charge on any atom is 0.310 e. The molecule has 0 aromatic heterocycles. The van der Waals surface area contributed by atoms with Crippen LogP contribution < -0.4 is 9.47 Å². The molecule has 0 amide bonds. The number of hydrogen-bond acceptors (Lipinski definition) is 8. The van der Waals surface area contributed by atoms with Crippen LogP contribution in [0, 0.1) is 0 Å². The molecule has 10 heteroatoms. The number of benzene rings is 2. The number of rotatable bonds is 37. The van der Waals surface area contributed by atoms with E-state index in [-0.39, 0.29) is 0 Å². The molecular weight excluding hydrogens is 813 g/mol. The van der Waals surface area contributed by atoms with Crippen LogP contribution in [0.3, 0.4) is 0 Å². The minimum Gasteiger partial charge on any atom is -0.459 e. The molecule has 0 saturated carbocycles. The van der Waals surface area contributed by atoms with Gasteiger partial charge >= 0.3 is 17.7 Å². The van der Waals surface area contributed by atoms with Crippen LogP contribution in [-0.4, -0.2) is 50.8 Å². The molecule has 0 bridgehead atoms. The highest BCUT2D eigenvalue weighted by atomic mass is 33.2. The number of fused-ring (bicyclic) bond motifs is 2. The quantitative estimate of drug-likeness (QED) is 0.0489. The molecule has 4 rings (SSSR count). The largest absolute Gasteiger partial charge is 0.459 e. The molecule has 0 fully saturated rings. The van der Waals surface area contributed by atoms with E-state index in [0.717, 1.165) is 49.7 Å². The summed E-state index contributed by atoms with van der Waals surface area (Å²) in [7, 11) is -9.82. The highest BCUT2D eigenvalue weighted by molar-refractivity contribution is 8.67. The van der Waals surface area contributed by atoms with Gasteiger partial charge in [-0.15, -0.1) is 0 Å². The molecule has 2 aliphatic rings. The van der Waals surface area contributed by atoms with Gasteiger partial charge in [-0.2, -0.15) is 0 Å². The molecule has 2 atom stereocenters. The molecule has 0 N–H and O–H groups in total. The van der Waals surface area contributed by atoms with E-state index in [1.54, 1.807) is 34.1 Å². The second kappa shape index (κ2) is 30.9. The lowest BCUT2D eigenvalue weighted by atomic mass is 10.0. The number of para-hydroxylation sites is 2. The Morgan fingerprint density at radius 3 is 0.903 bits per heavy atom. The Kier molecular flexibility index (Phi) is 26.2. The first kappa shape index (κ1) is 52.5. The van der Waals surface area contributed by atoms with Crippen molar-refractivity contribution in [3.05, 3.63) is 59.7 Å². The second-order valence-corrected chi connectivity index (χ2v) is 24.2. The molecular formula is C52H88N2O6S2. The Morgan fingerprint density at radius 1 is 0.387 bits per heavy atom. The first-order chi connectivity index (χ1) is 30.3. The Labute approximate surface area is 379 Å². The third kappa shape index (κ3) is 18.4. The van der Waals surface area contributed by atoms with Crippen molar-refractivity contribution in [2.24, 2.45) is 0 Å². The van der Waals surface area contributed by atoms with E-state index in [1.165, 1.54) is 167 Å². The summed E-state index contributed by atoms with van der Waals surface area (Å²) >= 11 is 0. The number of ether oxygens (including phenoxy) is 2. The highest BCUT2D eigenvalue weighted by Gasteiger charge is 2.53. The van der Waals surface area contributed by atoms with Crippen LogP contribution in [0.15, 0.2) is 48.5 Å². The molecule has 2 aromatic rings. The normalized spacial score (nSPS) is 17.1. The summed E-state index contributed by atoms with van der Waals surface area (Å²) in [5.41, 5.74) is -1.56. The molecule has 354 valence electrons. The molecule has 2 aromatic carbocycles. The third-order valence-corrected chi connectivity index (χ3v) is 18.5. The van der Waals surface area contributed by atoms with Gasteiger partial charge in [-0.25, -0.2) is 16.8 Å². The summed E-state index contributed by atoms with van der Waals surface area (Å²) < 4.78 is 70.4. The fourth-order valence-corrected chi connectivity index (χ4v) is 13.6. The van der Waals surface area contributed by atoms with Crippen molar-refractivity contribution in [3.63, 3.8) is 0 Å². The topological polar surface area (TPSA) is 93.2 Å². The zero-order chi connectivity index (χ0) is 44.1. The van der Waals surface area contributed by atoms with Crippen molar-refractivity contribution >= 4 is 17.7 Å². The highest BCUT2D eigenvalue weighted by Crippen LogP contribution is 2.36. The van der Waals surface area contributed by atoms with Gasteiger partial charge in [0, 0.05) is 37.3 Å². The predicted molar refractivity (Wildman–Crippen MR) is 259 cm³/mol. The van der Waals surface area contributed by atoms with E-state index < -0.39 is 28.9 Å². The van der Waals surface area contributed by atoms with Crippen molar-refractivity contribution in [2.75, 3.05) is 13.1 Å². The minimum absolute atomic E-state index is 0.311. The van der Waals surface area contributed by atoms with Gasteiger partial charge < -0.3 is 9.47 Å². The molecule has 0 saturated heterocycles. The molecule has 2 aliphatic heterocycles. The molecule has 2 unspecified atom stereocenters. The maximum atomic E-state index is 14.5. The van der Waals surface area contributed by atoms with Gasteiger partial charge in [0.15, 0.2) is 0 Å². The Bertz CT molecular complexity index is 1560. The van der Waals surface area contributed by atoms with Gasteiger partial charge in [-0.1, -0.05) is 243 Å². The average Bonchev–Trinajstić information content (AvgIpc) is 3.28. The van der Waals surface area contributed by atoms with Crippen LogP contribution >= 0.6 is 0 Å². The fraction of sp³-hybridized carbons (Fsp3) is 0.769. The summed E-state index contributed by atoms with van der Waals surface area (Å²) in [4.78, 5) is 3.41. The summed E-state index contributed by atoms with van der Waals surface area (Å²) in [6, 6.07) is 14.7. The van der Waals surface area contributed by atoms with Gasteiger partial charge in [-0.05, 0) is 25.0 Å². The van der Waals surface area contributed by atoms with Crippen molar-refractivity contribution in [2.45, 2.75) is 244 Å². The molecule has 0 aliphatic carbocycles. The van der Waals surface area contributed by atoms with Crippen LogP contribution in [-0.2, 0) is 30.8 Å². The van der Waals surface area contributed by atoms with Gasteiger partial charge in [0.2, 0.25) is 0 Å². The lowest BCUT2D eigenvalue weighted by molar-refractivity contribution is 0.0528. The lowest BCUT2D eigenvalue weighted by Crippen LogP contribution is -2.56. The standard InChI is InChI=1S/C52H88N2O6S2/c1-3-5-7-9-11-13-15-17-19-21-23-25-27-29-31-37-43-53-45-47-39-33-35-41-49(47)59-51(53)61(55,56)62(57,58)52-54(46-48-40-34-36-42-50(48)60-52)44-38-32-30-28-26-24-22-20-18-16-14-12-10-8-6-4-2/h33-36,39-42,51-52H,3-32,37-38,43-46H2,1-2H3. The summed E-state index contributed by atoms with van der Waals surface area (Å²) in [5.74, 6) is 0.832. The van der Waals surface area contributed by atoms with Gasteiger partial charge in [0.05, 0.1) is 0 Å². The monoisotopic (exact) mass is 901 g/mol. The van der Waals surface area contributed by atoms with Gasteiger partial charge in [-0.3, -0.25) is 9.80 Å². The summed E-state index contributed by atoms with van der Waals surface area (Å²) in [5, 5.41) is 0. The zero-order valence-electron chi connectivity index (χ0n) is 39.4. The van der Waals surface area contributed by atoms with E-state index in [9.17, 15) is 16.8 Å². The van der Waals surface area contributed by atoms with E-state index in [4.69, 9.17) is 9.47 Å². The maximum absolute atomic E-state index is 14.5. The van der Waals surface area contributed by atoms with E-state index >= 15 is 0 Å². The molecule has 62 heavy (non-hydrogen) atoms. The van der Waals surface area contributed by atoms with E-state index in [1.807, 2.05) is 24.3 Å². The van der Waals surface area contributed by atoms with Crippen molar-refractivity contribution in [1.29, 1.82) is 0 Å². The predicted octanol–water partition coefficient (Wildman–Crippen LogP) is 14.6. The van der Waals surface area contributed by atoms with Crippen molar-refractivity contribution in [3.8, 4) is 11.5 Å². The van der Waals surface area contributed by atoms with Gasteiger partial charge in [0.1, 0.15) is 11.5 Å². The van der Waals surface area contributed by atoms with Crippen LogP contribution in [0.1, 0.15) is 230 Å². The first-order valence-electron chi connectivity index (χ1n) is 25.7. The fourth-order valence-electron chi connectivity index (χ4n) is 9.26. The van der Waals surface area contributed by atoms with Crippen molar-refractivity contribution < 1.29 is 26.3 Å². The van der Waals surface area contributed by atoms with Crippen LogP contribution in [0.5, 0.6) is 11.5 Å². The van der Waals surface area contributed by atoms with E-state index in [2.05, 4.69) is 13.8 Å². The van der Waals surface area contributed by atoms with Crippen LogP contribution in [0.25, 0.3) is 0 Å². The first-order valence-corrected chi connectivity index (χ1v) is 29.4. The molecule has 8 nitrogen and oxygen atoms in total. The number of nitrogens with zero attached hydrogens (tertiary/aromatic N) is 2. The number of hydrogen-bond donors (Lipinski definition) is 0. The minimum atomic E-state index is -4.91. The van der Waals surface area contributed by atoms with Crippen LogP contribution in [0.2, 0.25) is 0 Å². The third-order valence-electron chi connectivity index (χ3n) is 13.2. The number of unbranched alkanes of at least 4 members (excludes halogenated alkanes) is 30. The molecule has 0 spiro atoms. The lowest BCUT2D eigenvalue weighted by Gasteiger charge is -2.39. The zero-order valence-corrected chi connectivity index (χ0v) is 41.0. The second-order valence-electron chi connectivity index (χ2n) is 18.6. The van der Waals surface area contributed by atoms with Gasteiger partial charge in [0.25, 0.3) is 11.1 Å². The summed E-state index contributed by atoms with van der Waals surface area (Å²) in [6.07, 6.45) is 40.2. The molecule has 0 radical (unpaired) electrons. The smallest absolute Gasteiger partial charge is 0.310 e. The Balaban J connectivity index is 1.23. The summed E-state index contributed by atoms with van der Waals surface area (Å²) in [6.45, 7) is 6.03. The SMILES string of the molecule is CCCCCCCCCCCCCCCCCCN1Cc2ccccc2OC1S(=O)(=O)S(=O)(=O)C1Oc2ccccc2CN1CCCCCCCCCCCCCCCCCC. The average molecular weight is 901 g/mol. The van der Waals surface area contributed by atoms with E-state index in [0.29, 0.717) is 37.7 Å². The Hall–Kier alpha value is -2.14. The van der Waals surface area contributed by atoms with Crippen molar-refractivity contribution in [1.82, 2.24) is 9.80 Å². The van der Waals surface area contributed by atoms with Crippen LogP contribution in [0.4, 0.5) is 0 Å².